The molecule has 4 rings (SSSR count). The van der Waals surface area contributed by atoms with Crippen LogP contribution in [0.4, 0.5) is 11.4 Å². The topological polar surface area (TPSA) is 81.9 Å². The fourth-order valence-corrected chi connectivity index (χ4v) is 3.45. The SMILES string of the molecule is CN(CC1COc2ccccc2O1)c1ccc(C(=O)c2ccccc2)cc1[N+](=O)[O-]. The number of hydrogen-bond acceptors (Lipinski definition) is 6. The van der Waals surface area contributed by atoms with Crippen molar-refractivity contribution in [2.24, 2.45) is 0 Å². The number of nitro groups is 1. The highest BCUT2D eigenvalue weighted by molar-refractivity contribution is 6.09. The number of nitrogens with zero attached hydrogens (tertiary/aromatic N) is 2. The summed E-state index contributed by atoms with van der Waals surface area (Å²) in [7, 11) is 1.75. The molecule has 0 bridgehead atoms. The van der Waals surface area contributed by atoms with Crippen LogP contribution in [0, 0.1) is 10.1 Å². The Bertz CT molecular complexity index is 1080. The molecule has 7 nitrogen and oxygen atoms in total. The van der Waals surface area contributed by atoms with Crippen molar-refractivity contribution in [3.8, 4) is 11.5 Å². The Morgan fingerprint density at radius 3 is 2.47 bits per heavy atom. The molecule has 1 aliphatic rings. The second-order valence-corrected chi connectivity index (χ2v) is 7.03. The zero-order valence-electron chi connectivity index (χ0n) is 16.4. The largest absolute Gasteiger partial charge is 0.486 e. The van der Waals surface area contributed by atoms with E-state index < -0.39 is 4.92 Å². The smallest absolute Gasteiger partial charge is 0.293 e. The van der Waals surface area contributed by atoms with Crippen LogP contribution in [0.15, 0.2) is 72.8 Å². The van der Waals surface area contributed by atoms with E-state index in [1.165, 1.54) is 6.07 Å². The summed E-state index contributed by atoms with van der Waals surface area (Å²) in [6, 6.07) is 20.6. The van der Waals surface area contributed by atoms with Crippen LogP contribution in [0.3, 0.4) is 0 Å². The van der Waals surface area contributed by atoms with Crippen molar-refractivity contribution < 1.29 is 19.2 Å². The third kappa shape index (κ3) is 3.96. The molecule has 1 heterocycles. The second-order valence-electron chi connectivity index (χ2n) is 7.03. The van der Waals surface area contributed by atoms with Gasteiger partial charge in [0.2, 0.25) is 0 Å². The Balaban J connectivity index is 1.55. The molecule has 152 valence electrons. The molecule has 0 radical (unpaired) electrons. The van der Waals surface area contributed by atoms with Crippen LogP contribution >= 0.6 is 0 Å². The molecule has 0 aromatic heterocycles. The van der Waals surface area contributed by atoms with Crippen molar-refractivity contribution in [3.63, 3.8) is 0 Å². The lowest BCUT2D eigenvalue weighted by Crippen LogP contribution is -2.39. The van der Waals surface area contributed by atoms with Crippen molar-refractivity contribution in [1.82, 2.24) is 0 Å². The van der Waals surface area contributed by atoms with Gasteiger partial charge in [-0.15, -0.1) is 0 Å². The Kier molecular flexibility index (Phi) is 5.34. The first kappa shape index (κ1) is 19.4. The van der Waals surface area contributed by atoms with Crippen molar-refractivity contribution in [1.29, 1.82) is 0 Å². The van der Waals surface area contributed by atoms with Gasteiger partial charge in [-0.3, -0.25) is 14.9 Å². The van der Waals surface area contributed by atoms with Crippen LogP contribution in [-0.2, 0) is 0 Å². The molecule has 1 atom stereocenters. The molecule has 0 N–H and O–H groups in total. The van der Waals surface area contributed by atoms with E-state index in [2.05, 4.69) is 0 Å². The number of nitro benzene ring substituents is 1. The zero-order valence-corrected chi connectivity index (χ0v) is 16.4. The fraction of sp³-hybridized carbons (Fsp3) is 0.174. The molecular weight excluding hydrogens is 384 g/mol. The van der Waals surface area contributed by atoms with Gasteiger partial charge in [-0.05, 0) is 24.3 Å². The number of ketones is 1. The predicted octanol–water partition coefficient (Wildman–Crippen LogP) is 4.10. The second kappa shape index (κ2) is 8.24. The van der Waals surface area contributed by atoms with Crippen LogP contribution < -0.4 is 14.4 Å². The van der Waals surface area contributed by atoms with Gasteiger partial charge in [0.05, 0.1) is 11.5 Å². The molecule has 7 heteroatoms. The Morgan fingerprint density at radius 2 is 1.73 bits per heavy atom. The van der Waals surface area contributed by atoms with E-state index in [1.54, 1.807) is 48.3 Å². The number of para-hydroxylation sites is 2. The number of anilines is 1. The van der Waals surface area contributed by atoms with Gasteiger partial charge in [0, 0.05) is 24.2 Å². The molecule has 0 amide bonds. The predicted molar refractivity (Wildman–Crippen MR) is 113 cm³/mol. The summed E-state index contributed by atoms with van der Waals surface area (Å²) in [5, 5.41) is 11.7. The van der Waals surface area contributed by atoms with Crippen LogP contribution in [0.2, 0.25) is 0 Å². The molecule has 0 aliphatic carbocycles. The van der Waals surface area contributed by atoms with Crippen molar-refractivity contribution in [3.05, 3.63) is 94.0 Å². The number of likely N-dealkylation sites (N-methyl/N-ethyl adjacent to an activating group) is 1. The summed E-state index contributed by atoms with van der Waals surface area (Å²) in [6.45, 7) is 0.737. The third-order valence-corrected chi connectivity index (χ3v) is 4.93. The maximum absolute atomic E-state index is 12.7. The Morgan fingerprint density at radius 1 is 1.03 bits per heavy atom. The molecule has 30 heavy (non-hydrogen) atoms. The molecule has 3 aromatic carbocycles. The lowest BCUT2D eigenvalue weighted by molar-refractivity contribution is -0.384. The quantitative estimate of drug-likeness (QED) is 0.349. The molecule has 0 spiro atoms. The molecule has 0 saturated heterocycles. The van der Waals surface area contributed by atoms with Crippen molar-refractivity contribution in [2.75, 3.05) is 25.1 Å². The molecule has 0 saturated carbocycles. The number of carbonyl (C=O) groups is 1. The fourth-order valence-electron chi connectivity index (χ4n) is 3.45. The molecule has 1 unspecified atom stereocenters. The molecular formula is C23H20N2O5. The van der Waals surface area contributed by atoms with Crippen LogP contribution in [-0.4, -0.2) is 37.0 Å². The van der Waals surface area contributed by atoms with Crippen LogP contribution in [0.25, 0.3) is 0 Å². The molecule has 1 aliphatic heterocycles. The highest BCUT2D eigenvalue weighted by Gasteiger charge is 2.26. The standard InChI is InChI=1S/C23H20N2O5/c1-24(14-18-15-29-21-9-5-6-10-22(21)30-18)19-12-11-17(13-20(19)25(27)28)23(26)16-7-3-2-4-8-16/h2-13,18H,14-15H2,1H3. The first-order valence-electron chi connectivity index (χ1n) is 9.51. The Labute approximate surface area is 173 Å². The first-order chi connectivity index (χ1) is 14.5. The maximum Gasteiger partial charge on any atom is 0.293 e. The summed E-state index contributed by atoms with van der Waals surface area (Å²) >= 11 is 0. The van der Waals surface area contributed by atoms with Gasteiger partial charge in [-0.25, -0.2) is 0 Å². The summed E-state index contributed by atoms with van der Waals surface area (Å²) in [5.41, 5.74) is 1.04. The maximum atomic E-state index is 12.7. The van der Waals surface area contributed by atoms with Gasteiger partial charge in [0.15, 0.2) is 23.4 Å². The number of carbonyl (C=O) groups excluding carboxylic acids is 1. The van der Waals surface area contributed by atoms with E-state index in [0.29, 0.717) is 35.9 Å². The summed E-state index contributed by atoms with van der Waals surface area (Å²) in [6.07, 6.45) is -0.282. The van der Waals surface area contributed by atoms with Crippen LogP contribution in [0.5, 0.6) is 11.5 Å². The van der Waals surface area contributed by atoms with E-state index in [1.807, 2.05) is 30.3 Å². The van der Waals surface area contributed by atoms with E-state index in [9.17, 15) is 14.9 Å². The average molecular weight is 404 g/mol. The average Bonchev–Trinajstić information content (AvgIpc) is 2.78. The Hall–Kier alpha value is -3.87. The van der Waals surface area contributed by atoms with E-state index in [0.717, 1.165) is 0 Å². The van der Waals surface area contributed by atoms with Crippen LogP contribution in [0.1, 0.15) is 15.9 Å². The van der Waals surface area contributed by atoms with Gasteiger partial charge >= 0.3 is 0 Å². The number of fused-ring (bicyclic) bond motifs is 1. The van der Waals surface area contributed by atoms with Gasteiger partial charge in [-0.2, -0.15) is 0 Å². The van der Waals surface area contributed by atoms with E-state index in [4.69, 9.17) is 9.47 Å². The highest BCUT2D eigenvalue weighted by Crippen LogP contribution is 2.33. The summed E-state index contributed by atoms with van der Waals surface area (Å²) in [4.78, 5) is 25.6. The minimum absolute atomic E-state index is 0.128. The zero-order chi connectivity index (χ0) is 21.1. The number of rotatable bonds is 6. The highest BCUT2D eigenvalue weighted by atomic mass is 16.6. The first-order valence-corrected chi connectivity index (χ1v) is 9.51. The van der Waals surface area contributed by atoms with E-state index in [-0.39, 0.29) is 23.1 Å². The minimum atomic E-state index is -0.471. The summed E-state index contributed by atoms with van der Waals surface area (Å²) in [5.74, 6) is 1.08. The lowest BCUT2D eigenvalue weighted by Gasteiger charge is -2.30. The normalized spacial score (nSPS) is 14.8. The monoisotopic (exact) mass is 404 g/mol. The number of hydrogen-bond donors (Lipinski definition) is 0. The third-order valence-electron chi connectivity index (χ3n) is 4.93. The minimum Gasteiger partial charge on any atom is -0.486 e. The number of benzene rings is 3. The van der Waals surface area contributed by atoms with Crippen molar-refractivity contribution >= 4 is 17.2 Å². The van der Waals surface area contributed by atoms with Crippen molar-refractivity contribution in [2.45, 2.75) is 6.10 Å². The number of ether oxygens (including phenoxy) is 2. The van der Waals surface area contributed by atoms with Gasteiger partial charge in [0.25, 0.3) is 5.69 Å². The van der Waals surface area contributed by atoms with E-state index >= 15 is 0 Å². The van der Waals surface area contributed by atoms with Gasteiger partial charge in [-0.1, -0.05) is 42.5 Å². The van der Waals surface area contributed by atoms with Gasteiger partial charge in [0.1, 0.15) is 12.3 Å². The van der Waals surface area contributed by atoms with Gasteiger partial charge < -0.3 is 14.4 Å². The summed E-state index contributed by atoms with van der Waals surface area (Å²) < 4.78 is 11.7. The lowest BCUT2D eigenvalue weighted by atomic mass is 10.0. The molecule has 0 fully saturated rings. The molecule has 3 aromatic rings.